The summed E-state index contributed by atoms with van der Waals surface area (Å²) in [6.07, 6.45) is 2.20. The Morgan fingerprint density at radius 1 is 1.33 bits per heavy atom. The summed E-state index contributed by atoms with van der Waals surface area (Å²) in [6.45, 7) is 6.98. The van der Waals surface area contributed by atoms with Crippen molar-refractivity contribution < 1.29 is 4.79 Å². The van der Waals surface area contributed by atoms with Crippen LogP contribution in [0, 0.1) is 5.92 Å². The molecule has 0 aliphatic carbocycles. The predicted octanol–water partition coefficient (Wildman–Crippen LogP) is 2.92. The topological polar surface area (TPSA) is 55.1 Å². The first kappa shape index (κ1) is 14.6. The highest BCUT2D eigenvalue weighted by Gasteiger charge is 2.16. The van der Waals surface area contributed by atoms with Crippen LogP contribution in [0.4, 0.5) is 5.69 Å². The molecule has 0 bridgehead atoms. The summed E-state index contributed by atoms with van der Waals surface area (Å²) in [7, 11) is 0. The molecular weight excluding hydrogens is 224 g/mol. The summed E-state index contributed by atoms with van der Waals surface area (Å²) in [4.78, 5) is 12.0. The van der Waals surface area contributed by atoms with Crippen LogP contribution in [0.2, 0.25) is 0 Å². The number of amides is 1. The third kappa shape index (κ3) is 4.06. The second-order valence-electron chi connectivity index (χ2n) is 4.82. The Labute approximate surface area is 110 Å². The van der Waals surface area contributed by atoms with Crippen molar-refractivity contribution >= 4 is 11.6 Å². The van der Waals surface area contributed by atoms with E-state index in [0.717, 1.165) is 24.9 Å². The van der Waals surface area contributed by atoms with Crippen molar-refractivity contribution in [2.24, 2.45) is 5.92 Å². The maximum Gasteiger partial charge on any atom is 0.227 e. The predicted molar refractivity (Wildman–Crippen MR) is 76.4 cm³/mol. The van der Waals surface area contributed by atoms with Gasteiger partial charge in [0.05, 0.1) is 5.92 Å². The lowest BCUT2D eigenvalue weighted by Crippen LogP contribution is -2.32. The Kier molecular flexibility index (Phi) is 5.69. The second-order valence-corrected chi connectivity index (χ2v) is 4.82. The summed E-state index contributed by atoms with van der Waals surface area (Å²) in [5, 5.41) is 3.02. The van der Waals surface area contributed by atoms with E-state index in [0.29, 0.717) is 11.6 Å². The second kappa shape index (κ2) is 7.04. The molecule has 0 spiro atoms. The molecule has 0 heterocycles. The monoisotopic (exact) mass is 248 g/mol. The Morgan fingerprint density at radius 2 is 2.00 bits per heavy atom. The summed E-state index contributed by atoms with van der Waals surface area (Å²) < 4.78 is 0. The van der Waals surface area contributed by atoms with Gasteiger partial charge in [-0.3, -0.25) is 4.79 Å². The fourth-order valence-corrected chi connectivity index (χ4v) is 1.96. The van der Waals surface area contributed by atoms with Gasteiger partial charge < -0.3 is 11.1 Å². The summed E-state index contributed by atoms with van der Waals surface area (Å²) >= 11 is 0. The minimum atomic E-state index is -0.150. The molecule has 0 aliphatic rings. The molecule has 1 aromatic carbocycles. The number of hydrogen-bond acceptors (Lipinski definition) is 2. The molecular formula is C15H24N2O. The molecule has 1 unspecified atom stereocenters. The number of carbonyl (C=O) groups is 1. The fourth-order valence-electron chi connectivity index (χ4n) is 1.96. The standard InChI is InChI=1S/C15H24N2O/c1-4-12(5-2)10-17-15(18)11(3)13-7-6-8-14(16)9-13/h6-9,11-12H,4-5,10,16H2,1-3H3,(H,17,18). The lowest BCUT2D eigenvalue weighted by molar-refractivity contribution is -0.122. The van der Waals surface area contributed by atoms with Gasteiger partial charge in [-0.25, -0.2) is 0 Å². The van der Waals surface area contributed by atoms with Crippen LogP contribution >= 0.6 is 0 Å². The molecule has 1 aromatic rings. The molecule has 18 heavy (non-hydrogen) atoms. The van der Waals surface area contributed by atoms with Gasteiger partial charge in [0, 0.05) is 12.2 Å². The van der Waals surface area contributed by atoms with Crippen LogP contribution < -0.4 is 11.1 Å². The van der Waals surface area contributed by atoms with Crippen molar-refractivity contribution in [1.29, 1.82) is 0 Å². The Bertz CT molecular complexity index is 386. The molecule has 0 radical (unpaired) electrons. The van der Waals surface area contributed by atoms with E-state index in [2.05, 4.69) is 19.2 Å². The van der Waals surface area contributed by atoms with Crippen LogP contribution in [0.5, 0.6) is 0 Å². The van der Waals surface area contributed by atoms with Gasteiger partial charge in [0.15, 0.2) is 0 Å². The van der Waals surface area contributed by atoms with E-state index in [4.69, 9.17) is 5.73 Å². The molecule has 1 atom stereocenters. The molecule has 0 aromatic heterocycles. The van der Waals surface area contributed by atoms with Crippen LogP contribution in [0.3, 0.4) is 0 Å². The third-order valence-electron chi connectivity index (χ3n) is 3.52. The number of hydrogen-bond donors (Lipinski definition) is 2. The minimum Gasteiger partial charge on any atom is -0.399 e. The van der Waals surface area contributed by atoms with E-state index in [9.17, 15) is 4.79 Å². The average molecular weight is 248 g/mol. The van der Waals surface area contributed by atoms with E-state index in [1.165, 1.54) is 0 Å². The fraction of sp³-hybridized carbons (Fsp3) is 0.533. The number of nitrogen functional groups attached to an aromatic ring is 1. The molecule has 1 amide bonds. The SMILES string of the molecule is CCC(CC)CNC(=O)C(C)c1cccc(N)c1. The maximum atomic E-state index is 12.0. The molecule has 0 saturated carbocycles. The van der Waals surface area contributed by atoms with Crippen molar-refractivity contribution in [3.8, 4) is 0 Å². The van der Waals surface area contributed by atoms with Crippen LogP contribution in [-0.4, -0.2) is 12.5 Å². The number of carbonyl (C=O) groups excluding carboxylic acids is 1. The van der Waals surface area contributed by atoms with Crippen LogP contribution in [0.1, 0.15) is 45.1 Å². The zero-order chi connectivity index (χ0) is 13.5. The quantitative estimate of drug-likeness (QED) is 0.760. The van der Waals surface area contributed by atoms with Crippen LogP contribution in [0.15, 0.2) is 24.3 Å². The van der Waals surface area contributed by atoms with Gasteiger partial charge >= 0.3 is 0 Å². The van der Waals surface area contributed by atoms with E-state index in [-0.39, 0.29) is 11.8 Å². The minimum absolute atomic E-state index is 0.0764. The molecule has 0 saturated heterocycles. The number of anilines is 1. The Morgan fingerprint density at radius 3 is 2.56 bits per heavy atom. The lowest BCUT2D eigenvalue weighted by Gasteiger charge is -2.17. The Hall–Kier alpha value is -1.51. The van der Waals surface area contributed by atoms with Crippen LogP contribution in [0.25, 0.3) is 0 Å². The first-order valence-electron chi connectivity index (χ1n) is 6.71. The average Bonchev–Trinajstić information content (AvgIpc) is 2.38. The highest BCUT2D eigenvalue weighted by atomic mass is 16.1. The largest absolute Gasteiger partial charge is 0.399 e. The van der Waals surface area contributed by atoms with Crippen molar-refractivity contribution in [1.82, 2.24) is 5.32 Å². The van der Waals surface area contributed by atoms with Gasteiger partial charge in [-0.1, -0.05) is 38.8 Å². The smallest absolute Gasteiger partial charge is 0.227 e. The first-order valence-corrected chi connectivity index (χ1v) is 6.71. The van der Waals surface area contributed by atoms with Crippen molar-refractivity contribution in [2.45, 2.75) is 39.5 Å². The van der Waals surface area contributed by atoms with Crippen molar-refractivity contribution in [2.75, 3.05) is 12.3 Å². The maximum absolute atomic E-state index is 12.0. The van der Waals surface area contributed by atoms with Crippen molar-refractivity contribution in [3.63, 3.8) is 0 Å². The van der Waals surface area contributed by atoms with Gasteiger partial charge in [0.2, 0.25) is 5.91 Å². The van der Waals surface area contributed by atoms with Gasteiger partial charge in [0.25, 0.3) is 0 Å². The third-order valence-corrected chi connectivity index (χ3v) is 3.52. The molecule has 0 fully saturated rings. The zero-order valence-electron chi connectivity index (χ0n) is 11.6. The molecule has 3 nitrogen and oxygen atoms in total. The van der Waals surface area contributed by atoms with Gasteiger partial charge in [-0.05, 0) is 30.5 Å². The molecule has 0 aliphatic heterocycles. The first-order chi connectivity index (χ1) is 8.58. The van der Waals surface area contributed by atoms with E-state index >= 15 is 0 Å². The van der Waals surface area contributed by atoms with Crippen LogP contribution in [-0.2, 0) is 4.79 Å². The molecule has 1 rings (SSSR count). The van der Waals surface area contributed by atoms with Gasteiger partial charge in [-0.2, -0.15) is 0 Å². The Balaban J connectivity index is 2.56. The highest BCUT2D eigenvalue weighted by Crippen LogP contribution is 2.18. The number of benzene rings is 1. The van der Waals surface area contributed by atoms with Crippen molar-refractivity contribution in [3.05, 3.63) is 29.8 Å². The summed E-state index contributed by atoms with van der Waals surface area (Å²) in [6, 6.07) is 7.52. The number of nitrogens with one attached hydrogen (secondary N) is 1. The molecule has 3 N–H and O–H groups in total. The van der Waals surface area contributed by atoms with E-state index < -0.39 is 0 Å². The summed E-state index contributed by atoms with van der Waals surface area (Å²) in [5.74, 6) is 0.498. The zero-order valence-corrected chi connectivity index (χ0v) is 11.6. The summed E-state index contributed by atoms with van der Waals surface area (Å²) in [5.41, 5.74) is 7.40. The van der Waals surface area contributed by atoms with Gasteiger partial charge in [-0.15, -0.1) is 0 Å². The van der Waals surface area contributed by atoms with E-state index in [1.807, 2.05) is 31.2 Å². The normalized spacial score (nSPS) is 12.4. The number of nitrogens with two attached hydrogens (primary N) is 1. The van der Waals surface area contributed by atoms with Gasteiger partial charge in [0.1, 0.15) is 0 Å². The highest BCUT2D eigenvalue weighted by molar-refractivity contribution is 5.83. The molecule has 100 valence electrons. The number of rotatable bonds is 6. The van der Waals surface area contributed by atoms with E-state index in [1.54, 1.807) is 0 Å². The molecule has 3 heteroatoms. The lowest BCUT2D eigenvalue weighted by atomic mass is 9.99.